The first-order valence-corrected chi connectivity index (χ1v) is 8.04. The van der Waals surface area contributed by atoms with Crippen LogP contribution in [0.4, 0.5) is 0 Å². The minimum Gasteiger partial charge on any atom is -0.438 e. The molecule has 0 aliphatic carbocycles. The van der Waals surface area contributed by atoms with Crippen LogP contribution in [0.15, 0.2) is 66.7 Å². The average Bonchev–Trinajstić information content (AvgIpc) is 2.63. The lowest BCUT2D eigenvalue weighted by molar-refractivity contribution is -0.104. The van der Waals surface area contributed by atoms with Crippen LogP contribution in [-0.4, -0.2) is 16.5 Å². The summed E-state index contributed by atoms with van der Waals surface area (Å²) in [4.78, 5) is 11.1. The molecule has 3 rings (SSSR count). The number of rotatable bonds is 5. The van der Waals surface area contributed by atoms with Crippen molar-refractivity contribution in [3.05, 3.63) is 88.6 Å². The van der Waals surface area contributed by atoms with E-state index in [0.717, 1.165) is 28.5 Å². The Hall–Kier alpha value is -2.98. The summed E-state index contributed by atoms with van der Waals surface area (Å²) in [5.74, 6) is 0.982. The van der Waals surface area contributed by atoms with Gasteiger partial charge in [0.2, 0.25) is 5.88 Å². The van der Waals surface area contributed by atoms with Crippen LogP contribution in [-0.2, 0) is 4.79 Å². The largest absolute Gasteiger partial charge is 0.438 e. The molecule has 0 bridgehead atoms. The second-order valence-electron chi connectivity index (χ2n) is 5.35. The fourth-order valence-electron chi connectivity index (χ4n) is 2.47. The van der Waals surface area contributed by atoms with Crippen LogP contribution in [0.2, 0.25) is 5.15 Å². The molecule has 1 heterocycles. The summed E-state index contributed by atoms with van der Waals surface area (Å²) in [6.07, 6.45) is 2.37. The van der Waals surface area contributed by atoms with Gasteiger partial charge < -0.3 is 4.74 Å². The Kier molecular flexibility index (Phi) is 5.21. The van der Waals surface area contributed by atoms with Gasteiger partial charge >= 0.3 is 0 Å². The minimum absolute atomic E-state index is 0.310. The Bertz CT molecular complexity index is 904. The number of nitrogens with zero attached hydrogens (tertiary/aromatic N) is 2. The highest BCUT2D eigenvalue weighted by Gasteiger charge is 2.08. The van der Waals surface area contributed by atoms with Crippen molar-refractivity contribution in [2.24, 2.45) is 0 Å². The van der Waals surface area contributed by atoms with Gasteiger partial charge in [0.1, 0.15) is 12.0 Å². The number of hydrogen-bond donors (Lipinski definition) is 0. The van der Waals surface area contributed by atoms with Gasteiger partial charge in [-0.05, 0) is 53.5 Å². The normalized spacial score (nSPS) is 11.2. The second-order valence-corrected chi connectivity index (χ2v) is 5.74. The highest BCUT2D eigenvalue weighted by molar-refractivity contribution is 6.29. The first-order valence-electron chi connectivity index (χ1n) is 7.66. The Balaban J connectivity index is 1.87. The van der Waals surface area contributed by atoms with E-state index in [2.05, 4.69) is 10.2 Å². The maximum absolute atomic E-state index is 11.1. The number of aromatic nitrogens is 2. The molecule has 0 spiro atoms. The van der Waals surface area contributed by atoms with Crippen molar-refractivity contribution in [3.63, 3.8) is 0 Å². The summed E-state index contributed by atoms with van der Waals surface area (Å²) in [6.45, 7) is 2.02. The Labute approximate surface area is 150 Å². The SMILES string of the molecule is Cc1ccccc1/C(=C/C=O)c1ccc(Oc2ccc(Cl)nn2)cc1. The Morgan fingerprint density at radius 1 is 1.00 bits per heavy atom. The van der Waals surface area contributed by atoms with Gasteiger partial charge in [-0.25, -0.2) is 0 Å². The molecule has 0 unspecified atom stereocenters. The highest BCUT2D eigenvalue weighted by atomic mass is 35.5. The molecular weight excluding hydrogens is 336 g/mol. The molecule has 25 heavy (non-hydrogen) atoms. The van der Waals surface area contributed by atoms with Crippen LogP contribution in [0, 0.1) is 6.92 Å². The molecule has 0 saturated carbocycles. The molecule has 0 aliphatic heterocycles. The zero-order valence-corrected chi connectivity index (χ0v) is 14.3. The quantitative estimate of drug-likeness (QED) is 0.487. The number of benzene rings is 2. The first kappa shape index (κ1) is 16.9. The molecule has 4 nitrogen and oxygen atoms in total. The smallest absolute Gasteiger partial charge is 0.238 e. The summed E-state index contributed by atoms with van der Waals surface area (Å²) in [5, 5.41) is 7.90. The molecule has 3 aromatic rings. The van der Waals surface area contributed by atoms with E-state index < -0.39 is 0 Å². The minimum atomic E-state index is 0.310. The number of carbonyl (C=O) groups is 1. The van der Waals surface area contributed by atoms with Crippen LogP contribution in [0.5, 0.6) is 11.6 Å². The van der Waals surface area contributed by atoms with Crippen molar-refractivity contribution in [3.8, 4) is 11.6 Å². The topological polar surface area (TPSA) is 52.1 Å². The molecular formula is C20H15ClN2O2. The molecule has 0 fully saturated rings. The van der Waals surface area contributed by atoms with Crippen LogP contribution < -0.4 is 4.74 Å². The lowest BCUT2D eigenvalue weighted by Crippen LogP contribution is -1.93. The Morgan fingerprint density at radius 2 is 1.76 bits per heavy atom. The van der Waals surface area contributed by atoms with E-state index in [1.165, 1.54) is 0 Å². The molecule has 0 radical (unpaired) electrons. The van der Waals surface area contributed by atoms with Gasteiger partial charge in [-0.2, -0.15) is 0 Å². The van der Waals surface area contributed by atoms with Gasteiger partial charge in [0, 0.05) is 6.07 Å². The van der Waals surface area contributed by atoms with Crippen molar-refractivity contribution in [1.82, 2.24) is 10.2 Å². The number of aryl methyl sites for hydroxylation is 1. The third-order valence-electron chi connectivity index (χ3n) is 3.67. The van der Waals surface area contributed by atoms with E-state index in [0.29, 0.717) is 16.8 Å². The molecule has 0 N–H and O–H groups in total. The van der Waals surface area contributed by atoms with Gasteiger partial charge in [0.15, 0.2) is 5.15 Å². The Morgan fingerprint density at radius 3 is 2.40 bits per heavy atom. The van der Waals surface area contributed by atoms with E-state index >= 15 is 0 Å². The molecule has 0 amide bonds. The number of ether oxygens (including phenoxy) is 1. The number of carbonyl (C=O) groups excluding carboxylic acids is 1. The molecule has 0 aliphatic rings. The lowest BCUT2D eigenvalue weighted by atomic mass is 9.94. The summed E-state index contributed by atoms with van der Waals surface area (Å²) < 4.78 is 5.64. The van der Waals surface area contributed by atoms with Crippen LogP contribution >= 0.6 is 11.6 Å². The van der Waals surface area contributed by atoms with Gasteiger partial charge in [-0.1, -0.05) is 48.0 Å². The van der Waals surface area contributed by atoms with Crippen molar-refractivity contribution in [2.45, 2.75) is 6.92 Å². The summed E-state index contributed by atoms with van der Waals surface area (Å²) in [7, 11) is 0. The fraction of sp³-hybridized carbons (Fsp3) is 0.0500. The van der Waals surface area contributed by atoms with Gasteiger partial charge in [0.25, 0.3) is 0 Å². The van der Waals surface area contributed by atoms with Crippen LogP contribution in [0.3, 0.4) is 0 Å². The summed E-state index contributed by atoms with van der Waals surface area (Å²) >= 11 is 5.71. The van der Waals surface area contributed by atoms with E-state index in [1.807, 2.05) is 55.5 Å². The van der Waals surface area contributed by atoms with Gasteiger partial charge in [0.05, 0.1) is 0 Å². The van der Waals surface area contributed by atoms with Crippen molar-refractivity contribution in [2.75, 3.05) is 0 Å². The molecule has 2 aromatic carbocycles. The van der Waals surface area contributed by atoms with Crippen LogP contribution in [0.1, 0.15) is 16.7 Å². The monoisotopic (exact) mass is 350 g/mol. The third kappa shape index (κ3) is 4.11. The zero-order valence-electron chi connectivity index (χ0n) is 13.5. The molecule has 124 valence electrons. The van der Waals surface area contributed by atoms with Gasteiger partial charge in [-0.3, -0.25) is 4.79 Å². The number of halogens is 1. The predicted molar refractivity (Wildman–Crippen MR) is 97.9 cm³/mol. The molecule has 5 heteroatoms. The van der Waals surface area contributed by atoms with E-state index in [1.54, 1.807) is 18.2 Å². The van der Waals surface area contributed by atoms with Crippen molar-refractivity contribution < 1.29 is 9.53 Å². The molecule has 0 atom stereocenters. The van der Waals surface area contributed by atoms with E-state index in [4.69, 9.17) is 16.3 Å². The molecule has 1 aromatic heterocycles. The number of hydrogen-bond acceptors (Lipinski definition) is 4. The van der Waals surface area contributed by atoms with Crippen LogP contribution in [0.25, 0.3) is 5.57 Å². The highest BCUT2D eigenvalue weighted by Crippen LogP contribution is 2.28. The van der Waals surface area contributed by atoms with Crippen molar-refractivity contribution >= 4 is 23.5 Å². The zero-order chi connectivity index (χ0) is 17.6. The second kappa shape index (κ2) is 7.73. The van der Waals surface area contributed by atoms with E-state index in [9.17, 15) is 4.79 Å². The number of aldehydes is 1. The van der Waals surface area contributed by atoms with E-state index in [-0.39, 0.29) is 0 Å². The van der Waals surface area contributed by atoms with Gasteiger partial charge in [-0.15, -0.1) is 10.2 Å². The fourth-order valence-corrected chi connectivity index (χ4v) is 2.57. The lowest BCUT2D eigenvalue weighted by Gasteiger charge is -2.11. The summed E-state index contributed by atoms with van der Waals surface area (Å²) in [5.41, 5.74) is 3.92. The maximum Gasteiger partial charge on any atom is 0.238 e. The number of allylic oxidation sites excluding steroid dienone is 1. The predicted octanol–water partition coefficient (Wildman–Crippen LogP) is 4.86. The standard InChI is InChI=1S/C20H15ClN2O2/c1-14-4-2-3-5-17(14)18(12-13-24)15-6-8-16(9-7-15)25-20-11-10-19(21)22-23-20/h2-13H,1H3/b18-12+. The molecule has 0 saturated heterocycles. The third-order valence-corrected chi connectivity index (χ3v) is 3.87. The maximum atomic E-state index is 11.1. The summed E-state index contributed by atoms with van der Waals surface area (Å²) in [6, 6.07) is 18.7. The average molecular weight is 351 g/mol. The first-order chi connectivity index (χ1) is 12.2. The van der Waals surface area contributed by atoms with Crippen molar-refractivity contribution in [1.29, 1.82) is 0 Å².